The summed E-state index contributed by atoms with van der Waals surface area (Å²) in [6.45, 7) is -0.0112. The molecule has 2 aromatic heterocycles. The normalized spacial score (nSPS) is 11.7. The minimum atomic E-state index is -0.849. The van der Waals surface area contributed by atoms with E-state index in [4.69, 9.17) is 4.74 Å². The Labute approximate surface area is 185 Å². The van der Waals surface area contributed by atoms with Crippen molar-refractivity contribution in [3.8, 4) is 17.0 Å². The van der Waals surface area contributed by atoms with Crippen LogP contribution in [0.25, 0.3) is 16.9 Å². The van der Waals surface area contributed by atoms with Gasteiger partial charge in [0.05, 0.1) is 11.4 Å². The molecule has 0 aliphatic rings. The van der Waals surface area contributed by atoms with Gasteiger partial charge in [-0.3, -0.25) is 4.79 Å². The summed E-state index contributed by atoms with van der Waals surface area (Å²) in [6, 6.07) is 21.9. The summed E-state index contributed by atoms with van der Waals surface area (Å²) >= 11 is 0. The molecule has 32 heavy (non-hydrogen) atoms. The van der Waals surface area contributed by atoms with Gasteiger partial charge in [0, 0.05) is 19.7 Å². The van der Waals surface area contributed by atoms with Gasteiger partial charge in [-0.15, -0.1) is 5.10 Å². The van der Waals surface area contributed by atoms with Crippen molar-refractivity contribution in [2.75, 3.05) is 25.6 Å². The van der Waals surface area contributed by atoms with E-state index >= 15 is 0 Å². The number of benzene rings is 2. The van der Waals surface area contributed by atoms with E-state index in [0.717, 1.165) is 16.9 Å². The molecule has 1 atom stereocenters. The van der Waals surface area contributed by atoms with Crippen molar-refractivity contribution in [2.24, 2.45) is 0 Å². The topological polar surface area (TPSA) is 88.8 Å². The van der Waals surface area contributed by atoms with Crippen LogP contribution < -0.4 is 15.0 Å². The van der Waals surface area contributed by atoms with Gasteiger partial charge < -0.3 is 19.7 Å². The van der Waals surface area contributed by atoms with Crippen LogP contribution in [0.5, 0.6) is 5.75 Å². The molecule has 1 N–H and O–H groups in total. The van der Waals surface area contributed by atoms with Crippen LogP contribution in [0.1, 0.15) is 10.6 Å². The van der Waals surface area contributed by atoms with Crippen LogP contribution in [0.15, 0.2) is 72.8 Å². The van der Waals surface area contributed by atoms with Crippen LogP contribution in [0.3, 0.4) is 0 Å². The second-order valence-electron chi connectivity index (χ2n) is 7.37. The summed E-state index contributed by atoms with van der Waals surface area (Å²) in [5, 5.41) is 7.00. The van der Waals surface area contributed by atoms with Crippen LogP contribution in [-0.4, -0.2) is 53.5 Å². The van der Waals surface area contributed by atoms with Crippen molar-refractivity contribution in [2.45, 2.75) is 6.04 Å². The summed E-state index contributed by atoms with van der Waals surface area (Å²) in [5.74, 6) is 0.0557. The maximum Gasteiger partial charge on any atom is 0.291 e. The lowest BCUT2D eigenvalue weighted by molar-refractivity contribution is -0.110. The van der Waals surface area contributed by atoms with E-state index in [2.05, 4.69) is 15.4 Å². The lowest BCUT2D eigenvalue weighted by atomic mass is 10.1. The fraction of sp³-hybridized carbons (Fsp3) is 0.167. The number of carbonyl (C=O) groups excluding carboxylic acids is 2. The Hall–Kier alpha value is -4.20. The molecule has 8 nitrogen and oxygen atoms in total. The van der Waals surface area contributed by atoms with E-state index in [1.807, 2.05) is 85.7 Å². The molecule has 8 heteroatoms. The van der Waals surface area contributed by atoms with E-state index in [1.165, 1.54) is 0 Å². The van der Waals surface area contributed by atoms with Crippen molar-refractivity contribution in [1.29, 1.82) is 0 Å². The van der Waals surface area contributed by atoms with Crippen molar-refractivity contribution in [1.82, 2.24) is 19.9 Å². The molecular weight excluding hydrogens is 406 g/mol. The van der Waals surface area contributed by atoms with Crippen molar-refractivity contribution in [3.05, 3.63) is 78.6 Å². The lowest BCUT2D eigenvalue weighted by Crippen LogP contribution is -2.40. The Bertz CT molecular complexity index is 1240. The zero-order valence-electron chi connectivity index (χ0n) is 17.8. The van der Waals surface area contributed by atoms with Crippen LogP contribution >= 0.6 is 0 Å². The number of aromatic nitrogens is 3. The second kappa shape index (κ2) is 9.30. The highest BCUT2D eigenvalue weighted by Crippen LogP contribution is 2.26. The molecule has 0 aliphatic carbocycles. The summed E-state index contributed by atoms with van der Waals surface area (Å²) in [7, 11) is 3.81. The SMILES string of the molecule is CN(C)c1ccccc1OC[C@@H](C=O)NC(=O)c1nc2cccc(-c3ccccc3)n2n1. The molecule has 2 heterocycles. The predicted molar refractivity (Wildman–Crippen MR) is 122 cm³/mol. The molecule has 0 aliphatic heterocycles. The zero-order valence-corrected chi connectivity index (χ0v) is 17.8. The number of nitrogens with one attached hydrogen (secondary N) is 1. The average molecular weight is 429 g/mol. The van der Waals surface area contributed by atoms with Gasteiger partial charge in [0.25, 0.3) is 5.91 Å². The lowest BCUT2D eigenvalue weighted by Gasteiger charge is -2.19. The number of para-hydroxylation sites is 2. The number of anilines is 1. The van der Waals surface area contributed by atoms with Crippen LogP contribution in [0.4, 0.5) is 5.69 Å². The van der Waals surface area contributed by atoms with Gasteiger partial charge in [-0.05, 0) is 24.3 Å². The van der Waals surface area contributed by atoms with Crippen LogP contribution in [0.2, 0.25) is 0 Å². The third kappa shape index (κ3) is 4.44. The monoisotopic (exact) mass is 429 g/mol. The Morgan fingerprint density at radius 3 is 2.56 bits per heavy atom. The first kappa shape index (κ1) is 21.0. The minimum Gasteiger partial charge on any atom is -0.489 e. The number of nitrogens with zero attached hydrogens (tertiary/aromatic N) is 4. The van der Waals surface area contributed by atoms with Gasteiger partial charge in [-0.1, -0.05) is 48.5 Å². The maximum absolute atomic E-state index is 12.7. The quantitative estimate of drug-likeness (QED) is 0.433. The Balaban J connectivity index is 1.50. The maximum atomic E-state index is 12.7. The van der Waals surface area contributed by atoms with Gasteiger partial charge in [0.1, 0.15) is 24.7 Å². The third-order valence-electron chi connectivity index (χ3n) is 4.88. The zero-order chi connectivity index (χ0) is 22.5. The smallest absolute Gasteiger partial charge is 0.291 e. The third-order valence-corrected chi connectivity index (χ3v) is 4.88. The van der Waals surface area contributed by atoms with E-state index in [-0.39, 0.29) is 12.4 Å². The number of rotatable bonds is 8. The van der Waals surface area contributed by atoms with E-state index in [9.17, 15) is 9.59 Å². The standard InChI is InChI=1S/C24H23N5O3/c1-28(2)20-11-6-7-13-21(20)32-16-18(15-30)25-24(31)23-26-22-14-8-12-19(29(22)27-23)17-9-4-3-5-10-17/h3-15,18H,16H2,1-2H3,(H,25,31)/t18-/m1/s1. The molecule has 0 bridgehead atoms. The van der Waals surface area contributed by atoms with Gasteiger partial charge >= 0.3 is 0 Å². The largest absolute Gasteiger partial charge is 0.489 e. The molecule has 4 rings (SSSR count). The first-order valence-electron chi connectivity index (χ1n) is 10.1. The summed E-state index contributed by atoms with van der Waals surface area (Å²) in [4.78, 5) is 30.5. The number of pyridine rings is 1. The number of hydrogen-bond donors (Lipinski definition) is 1. The number of ether oxygens (including phenoxy) is 1. The van der Waals surface area contributed by atoms with Gasteiger partial charge in [-0.25, -0.2) is 9.50 Å². The summed E-state index contributed by atoms with van der Waals surface area (Å²) < 4.78 is 7.41. The number of aldehydes is 1. The van der Waals surface area contributed by atoms with Crippen LogP contribution in [0, 0.1) is 0 Å². The highest BCUT2D eigenvalue weighted by Gasteiger charge is 2.19. The van der Waals surface area contributed by atoms with Gasteiger partial charge in [0.15, 0.2) is 5.65 Å². The van der Waals surface area contributed by atoms with Gasteiger partial charge in [-0.2, -0.15) is 0 Å². The molecule has 4 aromatic rings. The van der Waals surface area contributed by atoms with E-state index in [1.54, 1.807) is 10.6 Å². The molecule has 0 saturated heterocycles. The molecule has 0 fully saturated rings. The van der Waals surface area contributed by atoms with Crippen molar-refractivity contribution >= 4 is 23.5 Å². The molecular formula is C24H23N5O3. The molecule has 2 aromatic carbocycles. The molecule has 162 valence electrons. The minimum absolute atomic E-state index is 0.0112. The predicted octanol–water partition coefficient (Wildman–Crippen LogP) is 2.84. The van der Waals surface area contributed by atoms with E-state index in [0.29, 0.717) is 17.7 Å². The summed E-state index contributed by atoms with van der Waals surface area (Å²) in [6.07, 6.45) is 0.640. The second-order valence-corrected chi connectivity index (χ2v) is 7.37. The van der Waals surface area contributed by atoms with Crippen molar-refractivity contribution in [3.63, 3.8) is 0 Å². The first-order chi connectivity index (χ1) is 15.6. The van der Waals surface area contributed by atoms with Crippen LogP contribution in [-0.2, 0) is 4.79 Å². The van der Waals surface area contributed by atoms with Gasteiger partial charge in [0.2, 0.25) is 5.82 Å². The fourth-order valence-corrected chi connectivity index (χ4v) is 3.30. The molecule has 1 amide bonds. The highest BCUT2D eigenvalue weighted by molar-refractivity contribution is 5.92. The molecule has 0 radical (unpaired) electrons. The Morgan fingerprint density at radius 2 is 1.81 bits per heavy atom. The molecule has 0 spiro atoms. The molecule has 0 saturated carbocycles. The number of hydrogen-bond acceptors (Lipinski definition) is 6. The number of amides is 1. The average Bonchev–Trinajstić information content (AvgIpc) is 3.27. The number of carbonyl (C=O) groups is 2. The Kier molecular flexibility index (Phi) is 6.12. The van der Waals surface area contributed by atoms with E-state index < -0.39 is 11.9 Å². The fourth-order valence-electron chi connectivity index (χ4n) is 3.30. The number of fused-ring (bicyclic) bond motifs is 1. The highest BCUT2D eigenvalue weighted by atomic mass is 16.5. The van der Waals surface area contributed by atoms with Crippen molar-refractivity contribution < 1.29 is 14.3 Å². The Morgan fingerprint density at radius 1 is 1.06 bits per heavy atom. The first-order valence-corrected chi connectivity index (χ1v) is 10.1. The molecule has 0 unspecified atom stereocenters. The summed E-state index contributed by atoms with van der Waals surface area (Å²) in [5.41, 5.74) is 3.17.